The zero-order valence-corrected chi connectivity index (χ0v) is 13.5. The van der Waals surface area contributed by atoms with Gasteiger partial charge in [-0.05, 0) is 18.2 Å². The summed E-state index contributed by atoms with van der Waals surface area (Å²) in [5.74, 6) is 0.570. The summed E-state index contributed by atoms with van der Waals surface area (Å²) >= 11 is 0. The first-order valence-electron chi connectivity index (χ1n) is 7.84. The van der Waals surface area contributed by atoms with Crippen molar-refractivity contribution in [3.05, 3.63) is 54.0 Å². The number of aliphatic hydroxyl groups excluding tert-OH is 1. The number of fused-ring (bicyclic) bond motifs is 1. The molecule has 1 unspecified atom stereocenters. The lowest BCUT2D eigenvalue weighted by Crippen LogP contribution is -2.34. The lowest BCUT2D eigenvalue weighted by atomic mass is 10.0. The van der Waals surface area contributed by atoms with E-state index in [4.69, 9.17) is 5.41 Å². The maximum atomic E-state index is 9.46. The van der Waals surface area contributed by atoms with Crippen molar-refractivity contribution in [2.24, 2.45) is 0 Å². The molecule has 9 nitrogen and oxygen atoms in total. The van der Waals surface area contributed by atoms with Crippen molar-refractivity contribution in [2.75, 3.05) is 17.3 Å². The molecular weight excluding hydrogens is 332 g/mol. The Morgan fingerprint density at radius 3 is 2.96 bits per heavy atom. The molecule has 9 heteroatoms. The summed E-state index contributed by atoms with van der Waals surface area (Å²) in [6.45, 7) is -0.163. The van der Waals surface area contributed by atoms with Gasteiger partial charge in [0.15, 0.2) is 0 Å². The predicted octanol–water partition coefficient (Wildman–Crippen LogP) is 0.646. The van der Waals surface area contributed by atoms with Crippen LogP contribution in [0.25, 0.3) is 22.5 Å². The quantitative estimate of drug-likeness (QED) is 0.546. The van der Waals surface area contributed by atoms with Crippen molar-refractivity contribution >= 4 is 5.82 Å². The van der Waals surface area contributed by atoms with Gasteiger partial charge in [-0.3, -0.25) is 10.8 Å². The number of rotatable bonds is 3. The molecule has 0 saturated heterocycles. The molecule has 4 rings (SSSR count). The highest BCUT2D eigenvalue weighted by molar-refractivity contribution is 5.87. The molecule has 3 aromatic rings. The van der Waals surface area contributed by atoms with Gasteiger partial charge in [0.25, 0.3) is 0 Å². The summed E-state index contributed by atoms with van der Waals surface area (Å²) in [6.07, 6.45) is 2.61. The van der Waals surface area contributed by atoms with Gasteiger partial charge in [0.2, 0.25) is 5.62 Å². The van der Waals surface area contributed by atoms with E-state index in [1.165, 1.54) is 11.0 Å². The maximum absolute atomic E-state index is 9.46. The van der Waals surface area contributed by atoms with E-state index in [2.05, 4.69) is 31.8 Å². The summed E-state index contributed by atoms with van der Waals surface area (Å²) in [5.41, 5.74) is 5.93. The molecule has 1 atom stereocenters. The molecule has 1 aliphatic heterocycles. The number of nitrogens with zero attached hydrogens (tertiary/aromatic N) is 5. The molecule has 1 aliphatic rings. The van der Waals surface area contributed by atoms with Gasteiger partial charge >= 0.3 is 0 Å². The van der Waals surface area contributed by atoms with E-state index in [0.717, 1.165) is 0 Å². The van der Waals surface area contributed by atoms with Crippen molar-refractivity contribution in [1.29, 1.82) is 10.7 Å². The smallest absolute Gasteiger partial charge is 0.243 e. The van der Waals surface area contributed by atoms with Gasteiger partial charge in [0.05, 0.1) is 35.2 Å². The summed E-state index contributed by atoms with van der Waals surface area (Å²) < 4.78 is 1.47. The molecule has 0 bridgehead atoms. The van der Waals surface area contributed by atoms with Crippen LogP contribution in [0.2, 0.25) is 0 Å². The molecule has 0 spiro atoms. The lowest BCUT2D eigenvalue weighted by molar-refractivity contribution is 0.282. The van der Waals surface area contributed by atoms with Gasteiger partial charge in [-0.2, -0.15) is 5.26 Å². The maximum Gasteiger partial charge on any atom is 0.243 e. The normalized spacial score (nSPS) is 14.8. The highest BCUT2D eigenvalue weighted by atomic mass is 16.3. The standard InChI is InChI=1S/C17H14N8O/c18-7-10-2-1-3-11(6-10)15-14(12-4-5-20-9-21-12)16-22-13(8-26)24-25(16)17(19)23-15/h1-6,9,13,19,22,24,26H,8H2. The summed E-state index contributed by atoms with van der Waals surface area (Å²) in [7, 11) is 0. The van der Waals surface area contributed by atoms with Crippen LogP contribution in [0, 0.1) is 16.7 Å². The van der Waals surface area contributed by atoms with Gasteiger partial charge < -0.3 is 10.4 Å². The van der Waals surface area contributed by atoms with E-state index in [9.17, 15) is 10.4 Å². The van der Waals surface area contributed by atoms with Crippen molar-refractivity contribution < 1.29 is 5.11 Å². The van der Waals surface area contributed by atoms with Crippen LogP contribution in [0.15, 0.2) is 42.9 Å². The summed E-state index contributed by atoms with van der Waals surface area (Å²) in [5, 5.41) is 30.0. The summed E-state index contributed by atoms with van der Waals surface area (Å²) in [6, 6.07) is 10.9. The molecule has 128 valence electrons. The third kappa shape index (κ3) is 2.54. The molecule has 3 heterocycles. The Balaban J connectivity index is 2.02. The third-order valence-corrected chi connectivity index (χ3v) is 4.01. The summed E-state index contributed by atoms with van der Waals surface area (Å²) in [4.78, 5) is 12.7. The monoisotopic (exact) mass is 346 g/mol. The number of nitriles is 1. The number of aliphatic hydroxyl groups is 1. The van der Waals surface area contributed by atoms with Gasteiger partial charge in [-0.25, -0.2) is 19.6 Å². The van der Waals surface area contributed by atoms with Crippen LogP contribution >= 0.6 is 0 Å². The Morgan fingerprint density at radius 2 is 2.23 bits per heavy atom. The highest BCUT2D eigenvalue weighted by Gasteiger charge is 2.27. The van der Waals surface area contributed by atoms with Crippen LogP contribution in [0.5, 0.6) is 0 Å². The number of hydrogen-bond donors (Lipinski definition) is 4. The van der Waals surface area contributed by atoms with Crippen LogP contribution in [-0.4, -0.2) is 37.5 Å². The molecule has 4 N–H and O–H groups in total. The van der Waals surface area contributed by atoms with Crippen LogP contribution in [0.3, 0.4) is 0 Å². The van der Waals surface area contributed by atoms with E-state index in [1.54, 1.807) is 30.5 Å². The number of benzene rings is 1. The van der Waals surface area contributed by atoms with Crippen molar-refractivity contribution in [3.8, 4) is 28.6 Å². The average molecular weight is 346 g/mol. The SMILES string of the molecule is N#Cc1cccc(-c2nc(=N)n3c(c2-c2ccncn2)NC(CO)N3)c1. The molecule has 0 radical (unpaired) electrons. The Hall–Kier alpha value is -3.77. The Kier molecular flexibility index (Phi) is 3.79. The molecule has 2 aromatic heterocycles. The number of nitrogens with one attached hydrogen (secondary N) is 3. The molecule has 1 aromatic carbocycles. The van der Waals surface area contributed by atoms with Crippen molar-refractivity contribution in [1.82, 2.24) is 19.6 Å². The largest absolute Gasteiger partial charge is 0.392 e. The minimum absolute atomic E-state index is 0.0291. The van der Waals surface area contributed by atoms with Gasteiger partial charge in [-0.1, -0.05) is 12.1 Å². The van der Waals surface area contributed by atoms with Gasteiger partial charge in [0, 0.05) is 11.8 Å². The minimum atomic E-state index is -0.442. The number of aromatic nitrogens is 4. The van der Waals surface area contributed by atoms with Crippen molar-refractivity contribution in [2.45, 2.75) is 6.17 Å². The minimum Gasteiger partial charge on any atom is -0.392 e. The number of anilines is 1. The Morgan fingerprint density at radius 1 is 1.35 bits per heavy atom. The topological polar surface area (TPSA) is 136 Å². The van der Waals surface area contributed by atoms with Crippen molar-refractivity contribution in [3.63, 3.8) is 0 Å². The fourth-order valence-electron chi connectivity index (χ4n) is 2.87. The fourth-order valence-corrected chi connectivity index (χ4v) is 2.87. The van der Waals surface area contributed by atoms with E-state index >= 15 is 0 Å². The zero-order valence-electron chi connectivity index (χ0n) is 13.5. The average Bonchev–Trinajstić information content (AvgIpc) is 3.13. The molecule has 0 saturated carbocycles. The van der Waals surface area contributed by atoms with E-state index in [0.29, 0.717) is 33.9 Å². The van der Waals surface area contributed by atoms with Gasteiger partial charge in [0.1, 0.15) is 18.3 Å². The first-order valence-corrected chi connectivity index (χ1v) is 7.84. The van der Waals surface area contributed by atoms with Crippen LogP contribution in [-0.2, 0) is 0 Å². The van der Waals surface area contributed by atoms with Crippen LogP contribution in [0.1, 0.15) is 5.56 Å². The second kappa shape index (κ2) is 6.27. The second-order valence-electron chi connectivity index (χ2n) is 5.64. The molecule has 0 amide bonds. The fraction of sp³-hybridized carbons (Fsp3) is 0.118. The lowest BCUT2D eigenvalue weighted by Gasteiger charge is -2.14. The number of hydrogen-bond acceptors (Lipinski definition) is 8. The molecule has 0 fully saturated rings. The van der Waals surface area contributed by atoms with E-state index in [1.807, 2.05) is 6.07 Å². The van der Waals surface area contributed by atoms with E-state index < -0.39 is 6.17 Å². The van der Waals surface area contributed by atoms with E-state index in [-0.39, 0.29) is 12.2 Å². The first kappa shape index (κ1) is 15.7. The molecular formula is C17H14N8O. The van der Waals surface area contributed by atoms with Crippen LogP contribution in [0.4, 0.5) is 5.82 Å². The highest BCUT2D eigenvalue weighted by Crippen LogP contribution is 2.35. The Labute approximate surface area is 148 Å². The molecule has 26 heavy (non-hydrogen) atoms. The van der Waals surface area contributed by atoms with Gasteiger partial charge in [-0.15, -0.1) is 0 Å². The van der Waals surface area contributed by atoms with Crippen LogP contribution < -0.4 is 16.4 Å². The molecule has 0 aliphatic carbocycles. The second-order valence-corrected chi connectivity index (χ2v) is 5.64. The predicted molar refractivity (Wildman–Crippen MR) is 93.1 cm³/mol. The Bertz CT molecular complexity index is 1070. The first-order chi connectivity index (χ1) is 12.7. The third-order valence-electron chi connectivity index (χ3n) is 4.01. The zero-order chi connectivity index (χ0) is 18.1.